The Bertz CT molecular complexity index is 270. The molecule has 4 nitrogen and oxygen atoms in total. The minimum atomic E-state index is -0.798. The second-order valence-corrected chi connectivity index (χ2v) is 4.29. The maximum atomic E-state index is 11.5. The first-order chi connectivity index (χ1) is 7.60. The van der Waals surface area contributed by atoms with Gasteiger partial charge in [0.2, 0.25) is 5.91 Å². The molecule has 16 heavy (non-hydrogen) atoms. The third kappa shape index (κ3) is 3.00. The molecule has 0 bridgehead atoms. The third-order valence-corrected chi connectivity index (χ3v) is 3.19. The SMILES string of the molecule is [B]CCC[C@H]1CN(C(=O)CC)C[C@H]1C(=O)O. The number of hydrogen-bond acceptors (Lipinski definition) is 2. The number of carboxylic acid groups (broad SMARTS) is 1. The number of carboxylic acids is 1. The van der Waals surface area contributed by atoms with Crippen LogP contribution in [0, 0.1) is 11.8 Å². The van der Waals surface area contributed by atoms with E-state index in [2.05, 4.69) is 0 Å². The van der Waals surface area contributed by atoms with E-state index in [-0.39, 0.29) is 11.8 Å². The fourth-order valence-corrected chi connectivity index (χ4v) is 2.25. The normalized spacial score (nSPS) is 24.7. The van der Waals surface area contributed by atoms with Crippen molar-refractivity contribution >= 4 is 19.7 Å². The number of carbonyl (C=O) groups excluding carboxylic acids is 1. The van der Waals surface area contributed by atoms with Gasteiger partial charge in [-0.05, 0) is 12.3 Å². The summed E-state index contributed by atoms with van der Waals surface area (Å²) in [6.45, 7) is 2.73. The van der Waals surface area contributed by atoms with Gasteiger partial charge in [-0.25, -0.2) is 0 Å². The van der Waals surface area contributed by atoms with Crippen molar-refractivity contribution in [1.82, 2.24) is 4.90 Å². The maximum absolute atomic E-state index is 11.5. The van der Waals surface area contributed by atoms with Gasteiger partial charge >= 0.3 is 5.97 Å². The highest BCUT2D eigenvalue weighted by atomic mass is 16.4. The first-order valence-electron chi connectivity index (χ1n) is 5.80. The van der Waals surface area contributed by atoms with Crippen LogP contribution >= 0.6 is 0 Å². The van der Waals surface area contributed by atoms with Crippen LogP contribution in [0.2, 0.25) is 6.32 Å². The van der Waals surface area contributed by atoms with Gasteiger partial charge in [-0.15, -0.1) is 0 Å². The highest BCUT2D eigenvalue weighted by molar-refractivity contribution is 6.08. The van der Waals surface area contributed by atoms with E-state index in [4.69, 9.17) is 13.0 Å². The summed E-state index contributed by atoms with van der Waals surface area (Å²) < 4.78 is 0. The molecule has 1 rings (SSSR count). The lowest BCUT2D eigenvalue weighted by Gasteiger charge is -2.14. The molecule has 1 N–H and O–H groups in total. The highest BCUT2D eigenvalue weighted by Crippen LogP contribution is 2.28. The van der Waals surface area contributed by atoms with Crippen molar-refractivity contribution in [2.45, 2.75) is 32.5 Å². The lowest BCUT2D eigenvalue weighted by molar-refractivity contribution is -0.142. The van der Waals surface area contributed by atoms with E-state index in [0.717, 1.165) is 12.8 Å². The van der Waals surface area contributed by atoms with E-state index in [1.807, 2.05) is 0 Å². The van der Waals surface area contributed by atoms with Gasteiger partial charge in [0.15, 0.2) is 0 Å². The van der Waals surface area contributed by atoms with Crippen LogP contribution in [0.15, 0.2) is 0 Å². The Kier molecular flexibility index (Phi) is 4.84. The van der Waals surface area contributed by atoms with E-state index in [9.17, 15) is 9.59 Å². The second kappa shape index (κ2) is 5.92. The molecule has 0 aromatic carbocycles. The van der Waals surface area contributed by atoms with Crippen molar-refractivity contribution in [2.24, 2.45) is 11.8 Å². The summed E-state index contributed by atoms with van der Waals surface area (Å²) in [7, 11) is 5.42. The zero-order valence-corrected chi connectivity index (χ0v) is 9.69. The Morgan fingerprint density at radius 3 is 2.62 bits per heavy atom. The van der Waals surface area contributed by atoms with Crippen LogP contribution in [0.3, 0.4) is 0 Å². The van der Waals surface area contributed by atoms with Crippen molar-refractivity contribution in [2.75, 3.05) is 13.1 Å². The molecule has 5 heteroatoms. The molecule has 1 fully saturated rings. The summed E-state index contributed by atoms with van der Waals surface area (Å²) in [5.74, 6) is -1.10. The standard InChI is InChI=1S/C11H18BNO3/c1-2-10(14)13-6-8(4-3-5-12)9(7-13)11(15)16/h8-9H,2-7H2,1H3,(H,15,16)/t8-,9+/m0/s1. The largest absolute Gasteiger partial charge is 0.481 e. The molecule has 1 aliphatic rings. The Balaban J connectivity index is 2.60. The Labute approximate surface area is 97.4 Å². The Morgan fingerprint density at radius 2 is 2.12 bits per heavy atom. The van der Waals surface area contributed by atoms with E-state index < -0.39 is 11.9 Å². The van der Waals surface area contributed by atoms with Gasteiger partial charge in [0.05, 0.1) is 13.8 Å². The molecule has 1 amide bonds. The average Bonchev–Trinajstić information content (AvgIpc) is 2.69. The minimum absolute atomic E-state index is 0.0431. The van der Waals surface area contributed by atoms with Crippen molar-refractivity contribution in [3.05, 3.63) is 0 Å². The molecule has 0 aromatic heterocycles. The summed E-state index contributed by atoms with van der Waals surface area (Å²) >= 11 is 0. The molecule has 1 aliphatic heterocycles. The fourth-order valence-electron chi connectivity index (χ4n) is 2.25. The molecule has 2 atom stereocenters. The van der Waals surface area contributed by atoms with Gasteiger partial charge < -0.3 is 10.0 Å². The van der Waals surface area contributed by atoms with E-state index in [0.29, 0.717) is 25.8 Å². The van der Waals surface area contributed by atoms with Crippen LogP contribution in [0.1, 0.15) is 26.2 Å². The van der Waals surface area contributed by atoms with Crippen LogP contribution in [-0.2, 0) is 9.59 Å². The van der Waals surface area contributed by atoms with E-state index >= 15 is 0 Å². The van der Waals surface area contributed by atoms with Crippen LogP contribution < -0.4 is 0 Å². The average molecular weight is 223 g/mol. The Morgan fingerprint density at radius 1 is 1.44 bits per heavy atom. The summed E-state index contributed by atoms with van der Waals surface area (Å²) in [6.07, 6.45) is 2.63. The zero-order valence-electron chi connectivity index (χ0n) is 9.69. The number of rotatable bonds is 5. The molecule has 2 radical (unpaired) electrons. The minimum Gasteiger partial charge on any atom is -0.481 e. The van der Waals surface area contributed by atoms with Crippen LogP contribution in [0.25, 0.3) is 0 Å². The highest BCUT2D eigenvalue weighted by Gasteiger charge is 2.38. The molecule has 0 aromatic rings. The van der Waals surface area contributed by atoms with Gasteiger partial charge in [-0.1, -0.05) is 19.7 Å². The van der Waals surface area contributed by atoms with Gasteiger partial charge in [0, 0.05) is 19.5 Å². The second-order valence-electron chi connectivity index (χ2n) is 4.29. The molecule has 0 aliphatic carbocycles. The number of carbonyl (C=O) groups is 2. The summed E-state index contributed by atoms with van der Waals surface area (Å²) in [6, 6.07) is 0. The topological polar surface area (TPSA) is 57.6 Å². The first-order valence-corrected chi connectivity index (χ1v) is 5.80. The smallest absolute Gasteiger partial charge is 0.308 e. The molecular weight excluding hydrogens is 205 g/mol. The van der Waals surface area contributed by atoms with Crippen LogP contribution in [0.5, 0.6) is 0 Å². The van der Waals surface area contributed by atoms with Gasteiger partial charge in [0.25, 0.3) is 0 Å². The molecular formula is C11H18BNO3. The lowest BCUT2D eigenvalue weighted by atomic mass is 9.88. The molecule has 88 valence electrons. The van der Waals surface area contributed by atoms with Gasteiger partial charge in [-0.2, -0.15) is 0 Å². The van der Waals surface area contributed by atoms with E-state index in [1.54, 1.807) is 11.8 Å². The fraction of sp³-hybridized carbons (Fsp3) is 0.818. The number of nitrogens with zero attached hydrogens (tertiary/aromatic N) is 1. The predicted octanol–water partition coefficient (Wildman–Crippen LogP) is 0.923. The number of aliphatic carboxylic acids is 1. The summed E-state index contributed by atoms with van der Waals surface area (Å²) in [4.78, 5) is 24.2. The molecule has 1 saturated heterocycles. The third-order valence-electron chi connectivity index (χ3n) is 3.19. The van der Waals surface area contributed by atoms with Crippen LogP contribution in [0.4, 0.5) is 0 Å². The lowest BCUT2D eigenvalue weighted by Crippen LogP contribution is -2.29. The van der Waals surface area contributed by atoms with E-state index in [1.165, 1.54) is 0 Å². The number of likely N-dealkylation sites (tertiary alicyclic amines) is 1. The number of hydrogen-bond donors (Lipinski definition) is 1. The molecule has 0 unspecified atom stereocenters. The van der Waals surface area contributed by atoms with Crippen molar-refractivity contribution in [3.8, 4) is 0 Å². The van der Waals surface area contributed by atoms with Crippen molar-refractivity contribution < 1.29 is 14.7 Å². The number of amides is 1. The van der Waals surface area contributed by atoms with Gasteiger partial charge in [-0.3, -0.25) is 9.59 Å². The summed E-state index contributed by atoms with van der Waals surface area (Å²) in [5, 5.41) is 9.09. The van der Waals surface area contributed by atoms with Crippen molar-refractivity contribution in [1.29, 1.82) is 0 Å². The first kappa shape index (κ1) is 13.1. The Hall–Kier alpha value is -0.995. The maximum Gasteiger partial charge on any atom is 0.308 e. The molecule has 0 saturated carbocycles. The predicted molar refractivity (Wildman–Crippen MR) is 61.3 cm³/mol. The van der Waals surface area contributed by atoms with Crippen LogP contribution in [-0.4, -0.2) is 42.8 Å². The summed E-state index contributed by atoms with van der Waals surface area (Å²) in [5.41, 5.74) is 0. The molecule has 1 heterocycles. The van der Waals surface area contributed by atoms with Gasteiger partial charge in [0.1, 0.15) is 0 Å². The van der Waals surface area contributed by atoms with Crippen molar-refractivity contribution in [3.63, 3.8) is 0 Å². The zero-order chi connectivity index (χ0) is 12.1. The quantitative estimate of drug-likeness (QED) is 0.705. The monoisotopic (exact) mass is 223 g/mol. The molecule has 0 spiro atoms.